The lowest BCUT2D eigenvalue weighted by Crippen LogP contribution is -2.46. The molecule has 0 heterocycles. The van der Waals surface area contributed by atoms with E-state index in [0.717, 1.165) is 11.6 Å². The Morgan fingerprint density at radius 2 is 1.64 bits per heavy atom. The lowest BCUT2D eigenvalue weighted by molar-refractivity contribution is -0.385. The number of non-ortho nitro benzene ring substituents is 1. The summed E-state index contributed by atoms with van der Waals surface area (Å²) in [6, 6.07) is 19.9. The fourth-order valence-corrected chi connectivity index (χ4v) is 3.90. The largest absolute Gasteiger partial charge is 0.357 e. The summed E-state index contributed by atoms with van der Waals surface area (Å²) in [5.74, 6) is -0.480. The number of rotatable bonds is 7. The average molecular weight is 486 g/mol. The highest BCUT2D eigenvalue weighted by Gasteiger charge is 2.18. The van der Waals surface area contributed by atoms with Crippen LogP contribution in [0, 0.1) is 10.1 Å². The molecule has 4 N–H and O–H groups in total. The van der Waals surface area contributed by atoms with Crippen molar-refractivity contribution in [3.8, 4) is 0 Å². The summed E-state index contributed by atoms with van der Waals surface area (Å²) in [6.07, 6.45) is 0. The number of nitrogens with zero attached hydrogens (tertiary/aromatic N) is 1. The molecule has 3 aromatic carbocycles. The molecule has 0 aliphatic carbocycles. The third-order valence-corrected chi connectivity index (χ3v) is 5.95. The topological polar surface area (TPSA) is 142 Å². The van der Waals surface area contributed by atoms with Crippen LogP contribution in [0.2, 0.25) is 0 Å². The molecule has 3 aromatic rings. The molecule has 0 bridgehead atoms. The highest BCUT2D eigenvalue weighted by atomic mass is 32.2. The standard InChI is InChI=1S/C21H19N5O5S2/c27-20(23-24-21(32)22-14-15-5-2-1-3-6-15)16-9-11-17(12-10-16)25-33(30,31)19-8-4-7-18(13-19)26(28)29/h1-13,25H,14H2,(H,23,27)(H2,22,24,32). The second-order valence-electron chi connectivity index (χ2n) is 6.68. The Bertz CT molecular complexity index is 1270. The number of hydrogen-bond donors (Lipinski definition) is 4. The summed E-state index contributed by atoms with van der Waals surface area (Å²) in [6.45, 7) is 0.488. The zero-order valence-corrected chi connectivity index (χ0v) is 18.7. The van der Waals surface area contributed by atoms with Gasteiger partial charge in [-0.05, 0) is 48.1 Å². The zero-order chi connectivity index (χ0) is 23.8. The molecule has 0 aliphatic heterocycles. The number of benzene rings is 3. The quantitative estimate of drug-likeness (QED) is 0.227. The first-order chi connectivity index (χ1) is 15.7. The van der Waals surface area contributed by atoms with Gasteiger partial charge in [-0.1, -0.05) is 36.4 Å². The number of amides is 1. The normalized spacial score (nSPS) is 10.7. The van der Waals surface area contributed by atoms with Gasteiger partial charge < -0.3 is 5.32 Å². The smallest absolute Gasteiger partial charge is 0.270 e. The Balaban J connectivity index is 1.54. The van der Waals surface area contributed by atoms with Crippen LogP contribution >= 0.6 is 12.2 Å². The number of thiocarbonyl (C=S) groups is 1. The van der Waals surface area contributed by atoms with E-state index < -0.39 is 20.9 Å². The van der Waals surface area contributed by atoms with Crippen molar-refractivity contribution in [1.29, 1.82) is 0 Å². The van der Waals surface area contributed by atoms with Crippen molar-refractivity contribution in [1.82, 2.24) is 16.2 Å². The van der Waals surface area contributed by atoms with Crippen molar-refractivity contribution in [3.05, 3.63) is 100 Å². The fourth-order valence-electron chi connectivity index (χ4n) is 2.68. The van der Waals surface area contributed by atoms with E-state index in [-0.39, 0.29) is 26.9 Å². The van der Waals surface area contributed by atoms with Crippen molar-refractivity contribution in [2.45, 2.75) is 11.4 Å². The van der Waals surface area contributed by atoms with Gasteiger partial charge in [0, 0.05) is 29.9 Å². The molecule has 33 heavy (non-hydrogen) atoms. The number of carbonyl (C=O) groups is 1. The summed E-state index contributed by atoms with van der Waals surface area (Å²) < 4.78 is 27.3. The predicted molar refractivity (Wildman–Crippen MR) is 127 cm³/mol. The molecule has 0 saturated heterocycles. The van der Waals surface area contributed by atoms with E-state index >= 15 is 0 Å². The van der Waals surface area contributed by atoms with Crippen LogP contribution in [0.5, 0.6) is 0 Å². The Morgan fingerprint density at radius 1 is 0.939 bits per heavy atom. The first kappa shape index (κ1) is 23.6. The highest BCUT2D eigenvalue weighted by Crippen LogP contribution is 2.20. The second-order valence-corrected chi connectivity index (χ2v) is 8.78. The molecule has 3 rings (SSSR count). The molecular formula is C21H19N5O5S2. The molecule has 0 radical (unpaired) electrons. The molecule has 0 spiro atoms. The van der Waals surface area contributed by atoms with Gasteiger partial charge in [-0.15, -0.1) is 0 Å². The Kier molecular flexibility index (Phi) is 7.53. The monoisotopic (exact) mass is 485 g/mol. The summed E-state index contributed by atoms with van der Waals surface area (Å²) in [5.41, 5.74) is 6.17. The molecule has 0 aliphatic rings. The predicted octanol–water partition coefficient (Wildman–Crippen LogP) is 2.70. The van der Waals surface area contributed by atoms with E-state index in [1.54, 1.807) is 0 Å². The van der Waals surface area contributed by atoms with Gasteiger partial charge in [-0.25, -0.2) is 8.42 Å². The van der Waals surface area contributed by atoms with Crippen molar-refractivity contribution >= 4 is 44.6 Å². The van der Waals surface area contributed by atoms with E-state index in [2.05, 4.69) is 20.9 Å². The van der Waals surface area contributed by atoms with Crippen molar-refractivity contribution < 1.29 is 18.1 Å². The summed E-state index contributed by atoms with van der Waals surface area (Å²) in [7, 11) is -4.05. The second kappa shape index (κ2) is 10.5. The first-order valence-corrected chi connectivity index (χ1v) is 11.4. The Morgan fingerprint density at radius 3 is 2.30 bits per heavy atom. The molecule has 170 valence electrons. The van der Waals surface area contributed by atoms with Crippen LogP contribution in [0.4, 0.5) is 11.4 Å². The molecule has 0 aromatic heterocycles. The number of hydrazine groups is 1. The summed E-state index contributed by atoms with van der Waals surface area (Å²) in [4.78, 5) is 22.2. The number of nitro benzene ring substituents is 1. The molecule has 1 amide bonds. The maximum absolute atomic E-state index is 12.5. The number of anilines is 1. The van der Waals surface area contributed by atoms with Crippen LogP contribution in [0.1, 0.15) is 15.9 Å². The van der Waals surface area contributed by atoms with Gasteiger partial charge in [0.1, 0.15) is 0 Å². The molecule has 0 unspecified atom stereocenters. The van der Waals surface area contributed by atoms with Gasteiger partial charge in [0.25, 0.3) is 21.6 Å². The lowest BCUT2D eigenvalue weighted by Gasteiger charge is -2.12. The molecule has 0 fully saturated rings. The minimum atomic E-state index is -4.05. The van der Waals surface area contributed by atoms with E-state index in [1.165, 1.54) is 42.5 Å². The highest BCUT2D eigenvalue weighted by molar-refractivity contribution is 7.92. The lowest BCUT2D eigenvalue weighted by atomic mass is 10.2. The SMILES string of the molecule is O=C(NNC(=S)NCc1ccccc1)c1ccc(NS(=O)(=O)c2cccc([N+](=O)[O-])c2)cc1. The Hall–Kier alpha value is -4.03. The first-order valence-electron chi connectivity index (χ1n) is 9.50. The minimum Gasteiger partial charge on any atom is -0.357 e. The summed E-state index contributed by atoms with van der Waals surface area (Å²) in [5, 5.41) is 14.1. The van der Waals surface area contributed by atoms with Crippen LogP contribution in [0.25, 0.3) is 0 Å². The van der Waals surface area contributed by atoms with Crippen LogP contribution in [0.15, 0.2) is 83.8 Å². The van der Waals surface area contributed by atoms with Gasteiger partial charge in [0.15, 0.2) is 5.11 Å². The van der Waals surface area contributed by atoms with Gasteiger partial charge in [0.2, 0.25) is 0 Å². The van der Waals surface area contributed by atoms with Crippen molar-refractivity contribution in [2.24, 2.45) is 0 Å². The van der Waals surface area contributed by atoms with Crippen molar-refractivity contribution in [2.75, 3.05) is 4.72 Å². The average Bonchev–Trinajstić information content (AvgIpc) is 2.82. The van der Waals surface area contributed by atoms with Crippen LogP contribution in [-0.4, -0.2) is 24.4 Å². The molecule has 10 nitrogen and oxygen atoms in total. The van der Waals surface area contributed by atoms with Crippen LogP contribution < -0.4 is 20.9 Å². The number of carbonyl (C=O) groups excluding carboxylic acids is 1. The van der Waals surface area contributed by atoms with Gasteiger partial charge in [0.05, 0.1) is 9.82 Å². The van der Waals surface area contributed by atoms with Crippen LogP contribution in [0.3, 0.4) is 0 Å². The molecule has 12 heteroatoms. The number of nitrogens with one attached hydrogen (secondary N) is 4. The van der Waals surface area contributed by atoms with E-state index in [4.69, 9.17) is 12.2 Å². The van der Waals surface area contributed by atoms with Gasteiger partial charge in [-0.3, -0.25) is 30.5 Å². The van der Waals surface area contributed by atoms with E-state index in [9.17, 15) is 23.3 Å². The van der Waals surface area contributed by atoms with E-state index in [0.29, 0.717) is 6.54 Å². The van der Waals surface area contributed by atoms with Gasteiger partial charge in [-0.2, -0.15) is 0 Å². The Labute approximate surface area is 195 Å². The van der Waals surface area contributed by atoms with E-state index in [1.807, 2.05) is 30.3 Å². The zero-order valence-electron chi connectivity index (χ0n) is 17.0. The molecule has 0 atom stereocenters. The number of sulfonamides is 1. The summed E-state index contributed by atoms with van der Waals surface area (Å²) >= 11 is 5.12. The third kappa shape index (κ3) is 6.72. The molecule has 0 saturated carbocycles. The minimum absolute atomic E-state index is 0.186. The van der Waals surface area contributed by atoms with Crippen LogP contribution in [-0.2, 0) is 16.6 Å². The third-order valence-electron chi connectivity index (χ3n) is 4.32. The number of nitro groups is 1. The van der Waals surface area contributed by atoms with Gasteiger partial charge >= 0.3 is 0 Å². The molecular weight excluding hydrogens is 466 g/mol. The van der Waals surface area contributed by atoms with Crippen molar-refractivity contribution in [3.63, 3.8) is 0 Å². The maximum atomic E-state index is 12.5. The number of hydrogen-bond acceptors (Lipinski definition) is 6. The maximum Gasteiger partial charge on any atom is 0.270 e. The fraction of sp³-hybridized carbons (Fsp3) is 0.0476.